The van der Waals surface area contributed by atoms with Gasteiger partial charge in [-0.1, -0.05) is 0 Å². The van der Waals surface area contributed by atoms with E-state index in [0.29, 0.717) is 12.4 Å². The number of nitrogens with zero attached hydrogens (tertiary/aromatic N) is 2. The number of aromatic nitrogens is 2. The molecular weight excluding hydrogens is 266 g/mol. The molecule has 5 heteroatoms. The highest BCUT2D eigenvalue weighted by Crippen LogP contribution is 2.39. The number of ether oxygens (including phenoxy) is 2. The predicted octanol–water partition coefficient (Wildman–Crippen LogP) is 2.91. The fourth-order valence-electron chi connectivity index (χ4n) is 2.52. The van der Waals surface area contributed by atoms with E-state index in [9.17, 15) is 0 Å². The zero-order valence-electron chi connectivity index (χ0n) is 12.5. The topological polar surface area (TPSA) is 56.3 Å². The number of anilines is 1. The van der Waals surface area contributed by atoms with Crippen molar-refractivity contribution in [2.75, 3.05) is 19.0 Å². The van der Waals surface area contributed by atoms with E-state index in [1.807, 2.05) is 32.2 Å². The minimum Gasteiger partial charge on any atom is -0.493 e. The van der Waals surface area contributed by atoms with Gasteiger partial charge in [-0.2, -0.15) is 0 Å². The summed E-state index contributed by atoms with van der Waals surface area (Å²) >= 11 is 0. The molecule has 0 amide bonds. The van der Waals surface area contributed by atoms with Crippen molar-refractivity contribution < 1.29 is 9.47 Å². The van der Waals surface area contributed by atoms with E-state index in [-0.39, 0.29) is 6.10 Å². The second-order valence-electron chi connectivity index (χ2n) is 5.04. The van der Waals surface area contributed by atoms with Crippen LogP contribution in [0, 0.1) is 0 Å². The average molecular weight is 285 g/mol. The number of rotatable bonds is 4. The predicted molar refractivity (Wildman–Crippen MR) is 82.0 cm³/mol. The van der Waals surface area contributed by atoms with Crippen LogP contribution in [0.15, 0.2) is 24.4 Å². The maximum atomic E-state index is 5.83. The van der Waals surface area contributed by atoms with Crippen LogP contribution in [0.1, 0.15) is 19.4 Å². The van der Waals surface area contributed by atoms with Gasteiger partial charge in [0.25, 0.3) is 0 Å². The number of hydrogen-bond acceptors (Lipinski definition) is 5. The third-order valence-corrected chi connectivity index (χ3v) is 3.45. The summed E-state index contributed by atoms with van der Waals surface area (Å²) in [7, 11) is 1.84. The van der Waals surface area contributed by atoms with Gasteiger partial charge < -0.3 is 14.8 Å². The summed E-state index contributed by atoms with van der Waals surface area (Å²) in [5.74, 6) is 3.12. The van der Waals surface area contributed by atoms with Crippen molar-refractivity contribution >= 4 is 5.82 Å². The Balaban J connectivity index is 2.09. The van der Waals surface area contributed by atoms with Gasteiger partial charge in [0, 0.05) is 25.2 Å². The van der Waals surface area contributed by atoms with Gasteiger partial charge in [0.15, 0.2) is 5.82 Å². The van der Waals surface area contributed by atoms with E-state index < -0.39 is 0 Å². The van der Waals surface area contributed by atoms with E-state index >= 15 is 0 Å². The molecule has 0 fully saturated rings. The average Bonchev–Trinajstić information content (AvgIpc) is 2.86. The molecule has 0 saturated carbocycles. The third-order valence-electron chi connectivity index (χ3n) is 3.45. The van der Waals surface area contributed by atoms with Crippen molar-refractivity contribution in [3.05, 3.63) is 30.0 Å². The molecule has 2 heterocycles. The summed E-state index contributed by atoms with van der Waals surface area (Å²) in [5, 5.41) is 3.02. The first-order valence-electron chi connectivity index (χ1n) is 7.18. The molecule has 1 aliphatic heterocycles. The molecule has 21 heavy (non-hydrogen) atoms. The Hall–Kier alpha value is -2.30. The Kier molecular flexibility index (Phi) is 3.64. The Labute approximate surface area is 124 Å². The highest BCUT2D eigenvalue weighted by Gasteiger charge is 2.23. The Morgan fingerprint density at radius 3 is 3.05 bits per heavy atom. The van der Waals surface area contributed by atoms with Crippen molar-refractivity contribution in [3.63, 3.8) is 0 Å². The first kappa shape index (κ1) is 13.7. The molecule has 0 aliphatic carbocycles. The standard InChI is InChI=1S/C16H19N3O2/c1-4-20-14-8-11-7-10(2)21-13(11)9-12(14)16-18-6-5-15(17-3)19-16/h5-6,8-10H,4,7H2,1-3H3,(H,17,18,19). The van der Waals surface area contributed by atoms with Gasteiger partial charge in [-0.25, -0.2) is 9.97 Å². The summed E-state index contributed by atoms with van der Waals surface area (Å²) in [6.45, 7) is 4.65. The van der Waals surface area contributed by atoms with Crippen molar-refractivity contribution in [2.45, 2.75) is 26.4 Å². The number of nitrogens with one attached hydrogen (secondary N) is 1. The lowest BCUT2D eigenvalue weighted by atomic mass is 10.1. The van der Waals surface area contributed by atoms with Crippen molar-refractivity contribution in [1.82, 2.24) is 9.97 Å². The molecular formula is C16H19N3O2. The fourth-order valence-corrected chi connectivity index (χ4v) is 2.52. The van der Waals surface area contributed by atoms with E-state index in [1.165, 1.54) is 5.56 Å². The summed E-state index contributed by atoms with van der Waals surface area (Å²) in [6, 6.07) is 5.86. The Bertz CT molecular complexity index is 658. The summed E-state index contributed by atoms with van der Waals surface area (Å²) < 4.78 is 11.6. The van der Waals surface area contributed by atoms with Gasteiger partial charge >= 0.3 is 0 Å². The van der Waals surface area contributed by atoms with Crippen LogP contribution in [-0.2, 0) is 6.42 Å². The maximum absolute atomic E-state index is 5.83. The van der Waals surface area contributed by atoms with Gasteiger partial charge in [0.2, 0.25) is 0 Å². The van der Waals surface area contributed by atoms with Gasteiger partial charge in [-0.05, 0) is 32.0 Å². The monoisotopic (exact) mass is 285 g/mol. The molecule has 0 radical (unpaired) electrons. The molecule has 5 nitrogen and oxygen atoms in total. The largest absolute Gasteiger partial charge is 0.493 e. The van der Waals surface area contributed by atoms with Crippen LogP contribution in [0.3, 0.4) is 0 Å². The van der Waals surface area contributed by atoms with Crippen LogP contribution < -0.4 is 14.8 Å². The molecule has 2 aromatic rings. The van der Waals surface area contributed by atoms with Gasteiger partial charge in [-0.15, -0.1) is 0 Å². The van der Waals surface area contributed by atoms with Crippen molar-refractivity contribution in [1.29, 1.82) is 0 Å². The molecule has 1 aromatic heterocycles. The lowest BCUT2D eigenvalue weighted by molar-refractivity contribution is 0.254. The molecule has 1 aliphatic rings. The number of hydrogen-bond donors (Lipinski definition) is 1. The van der Waals surface area contributed by atoms with Crippen LogP contribution in [0.2, 0.25) is 0 Å². The van der Waals surface area contributed by atoms with E-state index in [4.69, 9.17) is 9.47 Å². The SMILES string of the molecule is CCOc1cc2c(cc1-c1nccc(NC)n1)OC(C)C2. The molecule has 0 bridgehead atoms. The van der Waals surface area contributed by atoms with Crippen LogP contribution in [0.4, 0.5) is 5.82 Å². The quantitative estimate of drug-likeness (QED) is 0.936. The van der Waals surface area contributed by atoms with Gasteiger partial charge in [0.1, 0.15) is 23.4 Å². The minimum absolute atomic E-state index is 0.203. The molecule has 1 aromatic carbocycles. The normalized spacial score (nSPS) is 16.2. The first-order chi connectivity index (χ1) is 10.2. The summed E-state index contributed by atoms with van der Waals surface area (Å²) in [5.41, 5.74) is 2.04. The van der Waals surface area contributed by atoms with Crippen molar-refractivity contribution in [2.24, 2.45) is 0 Å². The Morgan fingerprint density at radius 1 is 1.43 bits per heavy atom. The van der Waals surface area contributed by atoms with Crippen LogP contribution >= 0.6 is 0 Å². The summed E-state index contributed by atoms with van der Waals surface area (Å²) in [6.07, 6.45) is 2.85. The fraction of sp³-hybridized carbons (Fsp3) is 0.375. The second kappa shape index (κ2) is 5.60. The van der Waals surface area contributed by atoms with Gasteiger partial charge in [0.05, 0.1) is 12.2 Å². The van der Waals surface area contributed by atoms with E-state index in [0.717, 1.165) is 29.3 Å². The van der Waals surface area contributed by atoms with E-state index in [1.54, 1.807) is 6.20 Å². The maximum Gasteiger partial charge on any atom is 0.165 e. The number of fused-ring (bicyclic) bond motifs is 1. The molecule has 3 rings (SSSR count). The molecule has 110 valence electrons. The molecule has 0 spiro atoms. The lowest BCUT2D eigenvalue weighted by Gasteiger charge is -2.12. The van der Waals surface area contributed by atoms with E-state index in [2.05, 4.69) is 22.2 Å². The molecule has 1 unspecified atom stereocenters. The van der Waals surface area contributed by atoms with Crippen LogP contribution in [-0.4, -0.2) is 29.7 Å². The second-order valence-corrected chi connectivity index (χ2v) is 5.04. The highest BCUT2D eigenvalue weighted by atomic mass is 16.5. The van der Waals surface area contributed by atoms with Crippen molar-refractivity contribution in [3.8, 4) is 22.9 Å². The zero-order chi connectivity index (χ0) is 14.8. The third kappa shape index (κ3) is 2.63. The number of benzene rings is 1. The van der Waals surface area contributed by atoms with Gasteiger partial charge in [-0.3, -0.25) is 0 Å². The lowest BCUT2D eigenvalue weighted by Crippen LogP contribution is -2.05. The summed E-state index contributed by atoms with van der Waals surface area (Å²) in [4.78, 5) is 8.85. The zero-order valence-corrected chi connectivity index (χ0v) is 12.5. The Morgan fingerprint density at radius 2 is 2.29 bits per heavy atom. The molecule has 1 N–H and O–H groups in total. The minimum atomic E-state index is 0.203. The highest BCUT2D eigenvalue weighted by molar-refractivity contribution is 5.69. The molecule has 1 atom stereocenters. The molecule has 0 saturated heterocycles. The van der Waals surface area contributed by atoms with Crippen LogP contribution in [0.5, 0.6) is 11.5 Å². The van der Waals surface area contributed by atoms with Crippen LogP contribution in [0.25, 0.3) is 11.4 Å². The first-order valence-corrected chi connectivity index (χ1v) is 7.18. The smallest absolute Gasteiger partial charge is 0.165 e.